The van der Waals surface area contributed by atoms with Crippen LogP contribution < -0.4 is 4.72 Å². The summed E-state index contributed by atoms with van der Waals surface area (Å²) in [6, 6.07) is 8.51. The van der Waals surface area contributed by atoms with Gasteiger partial charge in [0.1, 0.15) is 10.0 Å². The summed E-state index contributed by atoms with van der Waals surface area (Å²) in [5, 5.41) is -0.0414. The first-order valence-electron chi connectivity index (χ1n) is 5.61. The summed E-state index contributed by atoms with van der Waals surface area (Å²) in [6.07, 6.45) is 1.44. The highest BCUT2D eigenvalue weighted by Gasteiger charge is 2.19. The van der Waals surface area contributed by atoms with Crippen LogP contribution >= 0.6 is 11.6 Å². The molecular formula is C13H13ClN2O2S. The molecule has 0 unspecified atom stereocenters. The van der Waals surface area contributed by atoms with Crippen LogP contribution in [-0.4, -0.2) is 13.4 Å². The van der Waals surface area contributed by atoms with Gasteiger partial charge in [0.05, 0.1) is 5.69 Å². The number of nitrogens with one attached hydrogen (secondary N) is 1. The molecule has 0 bridgehead atoms. The number of pyridine rings is 1. The van der Waals surface area contributed by atoms with Crippen molar-refractivity contribution >= 4 is 27.3 Å². The van der Waals surface area contributed by atoms with E-state index in [0.717, 1.165) is 11.1 Å². The summed E-state index contributed by atoms with van der Waals surface area (Å²) in [5.41, 5.74) is 2.36. The van der Waals surface area contributed by atoms with E-state index in [1.807, 2.05) is 26.0 Å². The lowest BCUT2D eigenvalue weighted by molar-refractivity contribution is 0.601. The van der Waals surface area contributed by atoms with E-state index in [0.29, 0.717) is 5.69 Å². The molecule has 0 fully saturated rings. The maximum atomic E-state index is 12.3. The molecule has 2 rings (SSSR count). The van der Waals surface area contributed by atoms with Gasteiger partial charge in [-0.15, -0.1) is 0 Å². The Kier molecular flexibility index (Phi) is 3.78. The van der Waals surface area contributed by atoms with E-state index < -0.39 is 10.0 Å². The fourth-order valence-corrected chi connectivity index (χ4v) is 3.19. The van der Waals surface area contributed by atoms with Gasteiger partial charge in [-0.1, -0.05) is 23.7 Å². The third-order valence-corrected chi connectivity index (χ3v) is 4.46. The van der Waals surface area contributed by atoms with Crippen molar-refractivity contribution in [2.45, 2.75) is 18.7 Å². The number of aromatic nitrogens is 1. The summed E-state index contributed by atoms with van der Waals surface area (Å²) in [7, 11) is -3.73. The summed E-state index contributed by atoms with van der Waals surface area (Å²) in [5.74, 6) is 0. The maximum absolute atomic E-state index is 12.3. The molecule has 1 aromatic heterocycles. The van der Waals surface area contributed by atoms with Gasteiger partial charge < -0.3 is 0 Å². The molecule has 100 valence electrons. The monoisotopic (exact) mass is 296 g/mol. The van der Waals surface area contributed by atoms with Crippen LogP contribution in [0, 0.1) is 13.8 Å². The standard InChI is InChI=1S/C13H13ClN2O2S/c1-9-5-6-10(2)11(8-9)16-19(17,18)12-4-3-7-15-13(12)14/h3-8,16H,1-2H3. The van der Waals surface area contributed by atoms with Crippen molar-refractivity contribution in [2.75, 3.05) is 4.72 Å². The molecule has 6 heteroatoms. The third kappa shape index (κ3) is 3.05. The quantitative estimate of drug-likeness (QED) is 0.885. The zero-order chi connectivity index (χ0) is 14.0. The molecule has 19 heavy (non-hydrogen) atoms. The lowest BCUT2D eigenvalue weighted by Gasteiger charge is -2.11. The van der Waals surface area contributed by atoms with E-state index in [4.69, 9.17) is 11.6 Å². The molecule has 0 saturated carbocycles. The third-order valence-electron chi connectivity index (χ3n) is 2.65. The van der Waals surface area contributed by atoms with E-state index in [2.05, 4.69) is 9.71 Å². The van der Waals surface area contributed by atoms with E-state index >= 15 is 0 Å². The Bertz CT molecular complexity index is 714. The Morgan fingerprint density at radius 3 is 2.63 bits per heavy atom. The first-order chi connectivity index (χ1) is 8.90. The molecule has 1 aromatic carbocycles. The van der Waals surface area contributed by atoms with Gasteiger partial charge in [-0.05, 0) is 43.2 Å². The van der Waals surface area contributed by atoms with Crippen LogP contribution in [0.1, 0.15) is 11.1 Å². The molecule has 2 aromatic rings. The topological polar surface area (TPSA) is 59.1 Å². The minimum absolute atomic E-state index is 0.0300. The Balaban J connectivity index is 2.43. The second-order valence-electron chi connectivity index (χ2n) is 4.22. The Labute approximate surface area is 117 Å². The predicted octanol–water partition coefficient (Wildman–Crippen LogP) is 3.15. The maximum Gasteiger partial charge on any atom is 0.264 e. The number of halogens is 1. The Morgan fingerprint density at radius 2 is 1.95 bits per heavy atom. The minimum Gasteiger partial charge on any atom is -0.279 e. The van der Waals surface area contributed by atoms with Crippen molar-refractivity contribution < 1.29 is 8.42 Å². The van der Waals surface area contributed by atoms with Crippen molar-refractivity contribution in [1.82, 2.24) is 4.98 Å². The second kappa shape index (κ2) is 5.19. The molecular weight excluding hydrogens is 284 g/mol. The molecule has 0 aliphatic rings. The van der Waals surface area contributed by atoms with Crippen molar-refractivity contribution in [1.29, 1.82) is 0 Å². The van der Waals surface area contributed by atoms with Crippen LogP contribution in [0.15, 0.2) is 41.4 Å². The first kappa shape index (κ1) is 13.8. The molecule has 0 radical (unpaired) electrons. The van der Waals surface area contributed by atoms with Gasteiger partial charge in [-0.2, -0.15) is 0 Å². The Morgan fingerprint density at radius 1 is 1.21 bits per heavy atom. The van der Waals surface area contributed by atoms with Crippen molar-refractivity contribution in [3.63, 3.8) is 0 Å². The number of hydrogen-bond acceptors (Lipinski definition) is 3. The number of aryl methyl sites for hydroxylation is 2. The van der Waals surface area contributed by atoms with Gasteiger partial charge in [0, 0.05) is 6.20 Å². The van der Waals surface area contributed by atoms with Gasteiger partial charge in [0.25, 0.3) is 10.0 Å². The molecule has 0 spiro atoms. The normalized spacial score (nSPS) is 11.3. The molecule has 0 amide bonds. The number of nitrogens with zero attached hydrogens (tertiary/aromatic N) is 1. The van der Waals surface area contributed by atoms with Gasteiger partial charge >= 0.3 is 0 Å². The van der Waals surface area contributed by atoms with E-state index in [1.165, 1.54) is 18.3 Å². The summed E-state index contributed by atoms with van der Waals surface area (Å²) in [4.78, 5) is 3.74. The fourth-order valence-electron chi connectivity index (χ4n) is 1.62. The minimum atomic E-state index is -3.73. The number of hydrogen-bond donors (Lipinski definition) is 1. The van der Waals surface area contributed by atoms with E-state index in [-0.39, 0.29) is 10.0 Å². The molecule has 4 nitrogen and oxygen atoms in total. The highest BCUT2D eigenvalue weighted by atomic mass is 35.5. The largest absolute Gasteiger partial charge is 0.279 e. The first-order valence-corrected chi connectivity index (χ1v) is 7.47. The number of benzene rings is 1. The van der Waals surface area contributed by atoms with Crippen LogP contribution in [0.2, 0.25) is 5.15 Å². The molecule has 1 heterocycles. The van der Waals surface area contributed by atoms with Gasteiger partial charge in [0.2, 0.25) is 0 Å². The molecule has 0 aliphatic carbocycles. The highest BCUT2D eigenvalue weighted by molar-refractivity contribution is 7.92. The summed E-state index contributed by atoms with van der Waals surface area (Å²) < 4.78 is 27.0. The average Bonchev–Trinajstić information content (AvgIpc) is 2.34. The number of sulfonamides is 1. The molecule has 0 atom stereocenters. The van der Waals surface area contributed by atoms with Crippen LogP contribution in [0.25, 0.3) is 0 Å². The lowest BCUT2D eigenvalue weighted by atomic mass is 10.1. The van der Waals surface area contributed by atoms with E-state index in [1.54, 1.807) is 6.07 Å². The fraction of sp³-hybridized carbons (Fsp3) is 0.154. The SMILES string of the molecule is Cc1ccc(C)c(NS(=O)(=O)c2cccnc2Cl)c1. The van der Waals surface area contributed by atoms with E-state index in [9.17, 15) is 8.42 Å². The smallest absolute Gasteiger partial charge is 0.264 e. The molecule has 0 aliphatic heterocycles. The zero-order valence-corrected chi connectivity index (χ0v) is 12.1. The highest BCUT2D eigenvalue weighted by Crippen LogP contribution is 2.24. The van der Waals surface area contributed by atoms with Crippen molar-refractivity contribution in [3.05, 3.63) is 52.8 Å². The second-order valence-corrected chi connectivity index (χ2v) is 6.23. The van der Waals surface area contributed by atoms with Crippen molar-refractivity contribution in [3.8, 4) is 0 Å². The van der Waals surface area contributed by atoms with Crippen LogP contribution in [0.4, 0.5) is 5.69 Å². The van der Waals surface area contributed by atoms with Gasteiger partial charge in [-0.25, -0.2) is 13.4 Å². The lowest BCUT2D eigenvalue weighted by Crippen LogP contribution is -2.14. The van der Waals surface area contributed by atoms with Crippen LogP contribution in [0.5, 0.6) is 0 Å². The Hall–Kier alpha value is -1.59. The van der Waals surface area contributed by atoms with Gasteiger partial charge in [0.15, 0.2) is 0 Å². The van der Waals surface area contributed by atoms with Crippen molar-refractivity contribution in [2.24, 2.45) is 0 Å². The summed E-state index contributed by atoms with van der Waals surface area (Å²) >= 11 is 5.82. The van der Waals surface area contributed by atoms with Crippen LogP contribution in [0.3, 0.4) is 0 Å². The average molecular weight is 297 g/mol. The van der Waals surface area contributed by atoms with Gasteiger partial charge in [-0.3, -0.25) is 4.72 Å². The number of rotatable bonds is 3. The predicted molar refractivity (Wildman–Crippen MR) is 76.0 cm³/mol. The molecule has 1 N–H and O–H groups in total. The molecule has 0 saturated heterocycles. The number of anilines is 1. The zero-order valence-electron chi connectivity index (χ0n) is 10.5. The summed E-state index contributed by atoms with van der Waals surface area (Å²) in [6.45, 7) is 3.73. The van der Waals surface area contributed by atoms with Crippen LogP contribution in [-0.2, 0) is 10.0 Å².